The molecule has 4 aromatic rings. The van der Waals surface area contributed by atoms with Crippen molar-refractivity contribution in [3.63, 3.8) is 0 Å². The van der Waals surface area contributed by atoms with Crippen LogP contribution in [0.4, 0.5) is 4.39 Å². The van der Waals surface area contributed by atoms with Crippen LogP contribution in [0.3, 0.4) is 0 Å². The number of benzene rings is 1. The molecule has 0 unspecified atom stereocenters. The number of thiazole rings is 1. The number of carbonyl (C=O) groups is 1. The summed E-state index contributed by atoms with van der Waals surface area (Å²) in [7, 11) is 1.81. The monoisotopic (exact) mass is 381 g/mol. The highest BCUT2D eigenvalue weighted by Crippen LogP contribution is 2.17. The first-order valence-electron chi connectivity index (χ1n) is 8.28. The Hall–Kier alpha value is -3.13. The molecule has 8 heteroatoms. The minimum absolute atomic E-state index is 0.282. The van der Waals surface area contributed by atoms with Crippen molar-refractivity contribution in [3.8, 4) is 0 Å². The summed E-state index contributed by atoms with van der Waals surface area (Å²) in [4.78, 5) is 21.7. The smallest absolute Gasteiger partial charge is 0.281 e. The molecule has 0 atom stereocenters. The molecule has 3 heterocycles. The normalized spacial score (nSPS) is 12.0. The SMILES string of the molecule is Cc1nn(C)c2ncc(C(=O)N=c3sccn3Cc3ccccc3F)cc12. The van der Waals surface area contributed by atoms with E-state index in [9.17, 15) is 9.18 Å². The Morgan fingerprint density at radius 2 is 2.15 bits per heavy atom. The molecular formula is C19H16FN5OS. The van der Waals surface area contributed by atoms with Crippen LogP contribution in [-0.4, -0.2) is 25.2 Å². The van der Waals surface area contributed by atoms with Gasteiger partial charge in [0.25, 0.3) is 5.91 Å². The van der Waals surface area contributed by atoms with E-state index in [1.165, 1.54) is 23.6 Å². The number of rotatable bonds is 3. The fraction of sp³-hybridized carbons (Fsp3) is 0.158. The first-order valence-corrected chi connectivity index (χ1v) is 9.16. The van der Waals surface area contributed by atoms with Gasteiger partial charge in [0.05, 0.1) is 17.8 Å². The van der Waals surface area contributed by atoms with E-state index in [2.05, 4.69) is 15.1 Å². The summed E-state index contributed by atoms with van der Waals surface area (Å²) in [5.74, 6) is -0.674. The number of halogens is 1. The molecule has 0 N–H and O–H groups in total. The van der Waals surface area contributed by atoms with Crippen LogP contribution in [0, 0.1) is 12.7 Å². The van der Waals surface area contributed by atoms with Crippen molar-refractivity contribution in [3.05, 3.63) is 75.5 Å². The molecule has 0 radical (unpaired) electrons. The van der Waals surface area contributed by atoms with Crippen molar-refractivity contribution in [1.29, 1.82) is 0 Å². The highest BCUT2D eigenvalue weighted by molar-refractivity contribution is 7.07. The van der Waals surface area contributed by atoms with Gasteiger partial charge in [0.2, 0.25) is 0 Å². The molecular weight excluding hydrogens is 365 g/mol. The molecule has 136 valence electrons. The van der Waals surface area contributed by atoms with Gasteiger partial charge in [-0.3, -0.25) is 9.48 Å². The summed E-state index contributed by atoms with van der Waals surface area (Å²) >= 11 is 1.32. The summed E-state index contributed by atoms with van der Waals surface area (Å²) in [5.41, 5.74) is 2.46. The average molecular weight is 381 g/mol. The summed E-state index contributed by atoms with van der Waals surface area (Å²) in [6.07, 6.45) is 3.29. The van der Waals surface area contributed by atoms with E-state index in [4.69, 9.17) is 0 Å². The fourth-order valence-corrected chi connectivity index (χ4v) is 3.62. The zero-order chi connectivity index (χ0) is 19.0. The number of pyridine rings is 1. The average Bonchev–Trinajstić information content (AvgIpc) is 3.21. The van der Waals surface area contributed by atoms with E-state index in [0.29, 0.717) is 22.5 Å². The third-order valence-electron chi connectivity index (χ3n) is 4.27. The maximum atomic E-state index is 13.9. The van der Waals surface area contributed by atoms with Crippen molar-refractivity contribution in [1.82, 2.24) is 19.3 Å². The van der Waals surface area contributed by atoms with Crippen LogP contribution in [-0.2, 0) is 13.6 Å². The summed E-state index contributed by atoms with van der Waals surface area (Å²) < 4.78 is 17.3. The Kier molecular flexibility index (Phi) is 4.41. The number of amides is 1. The van der Waals surface area contributed by atoms with E-state index < -0.39 is 5.91 Å². The third-order valence-corrected chi connectivity index (χ3v) is 5.06. The van der Waals surface area contributed by atoms with E-state index >= 15 is 0 Å². The van der Waals surface area contributed by atoms with Crippen molar-refractivity contribution in [2.24, 2.45) is 12.0 Å². The van der Waals surface area contributed by atoms with Gasteiger partial charge in [-0.05, 0) is 19.1 Å². The molecule has 4 rings (SSSR count). The second-order valence-corrected chi connectivity index (χ2v) is 7.00. The number of aromatic nitrogens is 4. The number of aryl methyl sites for hydroxylation is 2. The lowest BCUT2D eigenvalue weighted by molar-refractivity contribution is 0.0997. The zero-order valence-electron chi connectivity index (χ0n) is 14.8. The third kappa shape index (κ3) is 3.31. The maximum Gasteiger partial charge on any atom is 0.281 e. The van der Waals surface area contributed by atoms with E-state index in [1.807, 2.05) is 19.4 Å². The molecule has 1 aromatic carbocycles. The minimum Gasteiger partial charge on any atom is -0.319 e. The van der Waals surface area contributed by atoms with Crippen molar-refractivity contribution in [2.75, 3.05) is 0 Å². The first kappa shape index (κ1) is 17.3. The maximum absolute atomic E-state index is 13.9. The summed E-state index contributed by atoms with van der Waals surface area (Å²) in [5, 5.41) is 6.95. The van der Waals surface area contributed by atoms with Gasteiger partial charge in [-0.15, -0.1) is 11.3 Å². The number of carbonyl (C=O) groups excluding carboxylic acids is 1. The Bertz CT molecular complexity index is 1220. The quantitative estimate of drug-likeness (QED) is 0.548. The van der Waals surface area contributed by atoms with Gasteiger partial charge in [0.1, 0.15) is 5.82 Å². The van der Waals surface area contributed by atoms with Crippen molar-refractivity contribution < 1.29 is 9.18 Å². The van der Waals surface area contributed by atoms with Gasteiger partial charge in [0.15, 0.2) is 10.4 Å². The molecule has 0 aliphatic rings. The molecule has 27 heavy (non-hydrogen) atoms. The topological polar surface area (TPSA) is 65.1 Å². The molecule has 0 saturated carbocycles. The molecule has 1 amide bonds. The van der Waals surface area contributed by atoms with Gasteiger partial charge < -0.3 is 4.57 Å². The van der Waals surface area contributed by atoms with Crippen LogP contribution >= 0.6 is 11.3 Å². The Morgan fingerprint density at radius 3 is 2.96 bits per heavy atom. The van der Waals surface area contributed by atoms with Crippen LogP contribution < -0.4 is 4.80 Å². The standard InChI is InChI=1S/C19H16FN5OS/c1-12-15-9-14(10-21-17(15)24(2)23-12)18(26)22-19-25(7-8-27-19)11-13-5-3-4-6-16(13)20/h3-10H,11H2,1-2H3. The molecule has 0 fully saturated rings. The highest BCUT2D eigenvalue weighted by atomic mass is 32.1. The first-order chi connectivity index (χ1) is 13.0. The Labute approximate surface area is 158 Å². The second kappa shape index (κ2) is 6.88. The lowest BCUT2D eigenvalue weighted by Crippen LogP contribution is -2.17. The van der Waals surface area contributed by atoms with E-state index in [1.54, 1.807) is 39.7 Å². The van der Waals surface area contributed by atoms with Gasteiger partial charge in [-0.1, -0.05) is 18.2 Å². The summed E-state index contributed by atoms with van der Waals surface area (Å²) in [6, 6.07) is 8.32. The second-order valence-electron chi connectivity index (χ2n) is 6.13. The van der Waals surface area contributed by atoms with Crippen LogP contribution in [0.2, 0.25) is 0 Å². The molecule has 3 aromatic heterocycles. The fourth-order valence-electron chi connectivity index (χ4n) is 2.89. The van der Waals surface area contributed by atoms with E-state index in [0.717, 1.165) is 16.7 Å². The van der Waals surface area contributed by atoms with Crippen LogP contribution in [0.1, 0.15) is 21.6 Å². The molecule has 0 bridgehead atoms. The lowest BCUT2D eigenvalue weighted by Gasteiger charge is -2.04. The van der Waals surface area contributed by atoms with Crippen LogP contribution in [0.25, 0.3) is 11.0 Å². The largest absolute Gasteiger partial charge is 0.319 e. The molecule has 0 saturated heterocycles. The summed E-state index contributed by atoms with van der Waals surface area (Å²) in [6.45, 7) is 2.18. The lowest BCUT2D eigenvalue weighted by atomic mass is 10.2. The number of hydrogen-bond donors (Lipinski definition) is 0. The van der Waals surface area contributed by atoms with Gasteiger partial charge in [-0.2, -0.15) is 10.1 Å². The van der Waals surface area contributed by atoms with Crippen molar-refractivity contribution in [2.45, 2.75) is 13.5 Å². The number of fused-ring (bicyclic) bond motifs is 1. The van der Waals surface area contributed by atoms with Crippen molar-refractivity contribution >= 4 is 28.3 Å². The van der Waals surface area contributed by atoms with Gasteiger partial charge >= 0.3 is 0 Å². The minimum atomic E-state index is -0.391. The van der Waals surface area contributed by atoms with E-state index in [-0.39, 0.29) is 5.82 Å². The Morgan fingerprint density at radius 1 is 1.33 bits per heavy atom. The molecule has 6 nitrogen and oxygen atoms in total. The predicted molar refractivity (Wildman–Crippen MR) is 101 cm³/mol. The molecule has 0 spiro atoms. The highest BCUT2D eigenvalue weighted by Gasteiger charge is 2.12. The molecule has 0 aliphatic heterocycles. The van der Waals surface area contributed by atoms with Gasteiger partial charge in [-0.25, -0.2) is 9.37 Å². The molecule has 0 aliphatic carbocycles. The van der Waals surface area contributed by atoms with Crippen LogP contribution in [0.5, 0.6) is 0 Å². The van der Waals surface area contributed by atoms with Crippen LogP contribution in [0.15, 0.2) is 53.1 Å². The zero-order valence-corrected chi connectivity index (χ0v) is 15.6. The predicted octanol–water partition coefficient (Wildman–Crippen LogP) is 3.07. The number of hydrogen-bond acceptors (Lipinski definition) is 4. The van der Waals surface area contributed by atoms with Gasteiger partial charge in [0, 0.05) is 35.8 Å². The number of nitrogens with zero attached hydrogens (tertiary/aromatic N) is 5. The Balaban J connectivity index is 1.68.